The summed E-state index contributed by atoms with van der Waals surface area (Å²) in [7, 11) is 0. The Bertz CT molecular complexity index is 333. The van der Waals surface area contributed by atoms with Crippen LogP contribution in [0.1, 0.15) is 5.56 Å². The van der Waals surface area contributed by atoms with Gasteiger partial charge in [-0.05, 0) is 46.4 Å². The van der Waals surface area contributed by atoms with E-state index in [0.717, 1.165) is 0 Å². The van der Waals surface area contributed by atoms with Crippen molar-refractivity contribution >= 4 is 39.9 Å². The van der Waals surface area contributed by atoms with Crippen molar-refractivity contribution in [1.82, 2.24) is 10.6 Å². The van der Waals surface area contributed by atoms with Gasteiger partial charge in [0.1, 0.15) is 0 Å². The zero-order valence-electron chi connectivity index (χ0n) is 8.16. The highest BCUT2D eigenvalue weighted by Gasteiger charge is 1.99. The Kier molecular flexibility index (Phi) is 5.89. The highest BCUT2D eigenvalue weighted by Crippen LogP contribution is 2.10. The van der Waals surface area contributed by atoms with Gasteiger partial charge in [0, 0.05) is 16.7 Å². The van der Waals surface area contributed by atoms with Gasteiger partial charge in [-0.3, -0.25) is 0 Å². The average Bonchev–Trinajstić information content (AvgIpc) is 2.25. The van der Waals surface area contributed by atoms with E-state index in [1.165, 1.54) is 9.13 Å². The first kappa shape index (κ1) is 12.7. The molecule has 0 spiro atoms. The van der Waals surface area contributed by atoms with Crippen LogP contribution in [0, 0.1) is 3.57 Å². The van der Waals surface area contributed by atoms with E-state index in [9.17, 15) is 0 Å². The van der Waals surface area contributed by atoms with Gasteiger partial charge >= 0.3 is 0 Å². The Balaban J connectivity index is 2.37. The van der Waals surface area contributed by atoms with E-state index in [-0.39, 0.29) is 6.61 Å². The van der Waals surface area contributed by atoms with Crippen LogP contribution in [0.4, 0.5) is 0 Å². The van der Waals surface area contributed by atoms with Gasteiger partial charge in [0.15, 0.2) is 5.11 Å². The molecule has 1 aromatic carbocycles. The lowest BCUT2D eigenvalue weighted by Gasteiger charge is -2.10. The second kappa shape index (κ2) is 6.97. The van der Waals surface area contributed by atoms with Crippen molar-refractivity contribution in [2.75, 3.05) is 13.2 Å². The predicted molar refractivity (Wildman–Crippen MR) is 73.7 cm³/mol. The lowest BCUT2D eigenvalue weighted by Crippen LogP contribution is -2.36. The summed E-state index contributed by atoms with van der Waals surface area (Å²) < 4.78 is 1.22. The molecule has 1 aromatic rings. The van der Waals surface area contributed by atoms with E-state index in [1.54, 1.807) is 0 Å². The minimum Gasteiger partial charge on any atom is -0.395 e. The molecular formula is C10H13IN2OS. The zero-order valence-corrected chi connectivity index (χ0v) is 11.1. The number of rotatable bonds is 4. The molecule has 0 aliphatic rings. The Labute approximate surface area is 108 Å². The van der Waals surface area contributed by atoms with E-state index in [1.807, 2.05) is 12.1 Å². The molecule has 0 saturated carbocycles. The quantitative estimate of drug-likeness (QED) is 0.572. The van der Waals surface area contributed by atoms with E-state index < -0.39 is 0 Å². The fourth-order valence-corrected chi connectivity index (χ4v) is 1.80. The molecule has 0 unspecified atom stereocenters. The van der Waals surface area contributed by atoms with Crippen LogP contribution >= 0.6 is 34.8 Å². The summed E-state index contributed by atoms with van der Waals surface area (Å²) in [6.07, 6.45) is 0. The summed E-state index contributed by atoms with van der Waals surface area (Å²) in [5.41, 5.74) is 1.21. The number of halogens is 1. The van der Waals surface area contributed by atoms with Gasteiger partial charge in [-0.1, -0.05) is 18.2 Å². The van der Waals surface area contributed by atoms with Gasteiger partial charge in [-0.2, -0.15) is 0 Å². The van der Waals surface area contributed by atoms with Crippen LogP contribution in [0.25, 0.3) is 0 Å². The Hall–Kier alpha value is -0.400. The van der Waals surface area contributed by atoms with Crippen LogP contribution < -0.4 is 10.6 Å². The summed E-state index contributed by atoms with van der Waals surface area (Å²) in [6, 6.07) is 8.13. The molecule has 0 atom stereocenters. The number of thiocarbonyl (C=S) groups is 1. The third-order valence-corrected chi connectivity index (χ3v) is 3.14. The summed E-state index contributed by atoms with van der Waals surface area (Å²) >= 11 is 7.32. The molecule has 1 rings (SSSR count). The second-order valence-electron chi connectivity index (χ2n) is 2.92. The molecule has 0 aliphatic heterocycles. The third-order valence-electron chi connectivity index (χ3n) is 1.79. The standard InChI is InChI=1S/C10H13IN2OS/c11-9-4-2-1-3-8(9)7-13-10(15)12-5-6-14/h1-4,14H,5-7H2,(H2,12,13,15). The maximum atomic E-state index is 8.59. The monoisotopic (exact) mass is 336 g/mol. The minimum atomic E-state index is 0.0880. The highest BCUT2D eigenvalue weighted by atomic mass is 127. The largest absolute Gasteiger partial charge is 0.395 e. The van der Waals surface area contributed by atoms with Crippen LogP contribution in [0.2, 0.25) is 0 Å². The van der Waals surface area contributed by atoms with Crippen molar-refractivity contribution in [1.29, 1.82) is 0 Å². The van der Waals surface area contributed by atoms with Gasteiger partial charge in [0.2, 0.25) is 0 Å². The molecule has 5 heteroatoms. The average molecular weight is 336 g/mol. The fraction of sp³-hybridized carbons (Fsp3) is 0.300. The molecule has 0 fully saturated rings. The normalized spacial score (nSPS) is 9.73. The van der Waals surface area contributed by atoms with Gasteiger partial charge < -0.3 is 15.7 Å². The number of hydrogen-bond acceptors (Lipinski definition) is 2. The molecule has 0 amide bonds. The summed E-state index contributed by atoms with van der Waals surface area (Å²) in [4.78, 5) is 0. The number of benzene rings is 1. The Morgan fingerprint density at radius 1 is 1.33 bits per heavy atom. The molecule has 3 N–H and O–H groups in total. The molecule has 82 valence electrons. The zero-order chi connectivity index (χ0) is 11.1. The number of nitrogens with one attached hydrogen (secondary N) is 2. The van der Waals surface area contributed by atoms with Crippen molar-refractivity contribution in [2.45, 2.75) is 6.54 Å². The summed E-state index contributed by atoms with van der Waals surface area (Å²) in [5.74, 6) is 0. The topological polar surface area (TPSA) is 44.3 Å². The molecular weight excluding hydrogens is 323 g/mol. The van der Waals surface area contributed by atoms with Crippen LogP contribution in [0.5, 0.6) is 0 Å². The SMILES string of the molecule is OCCNC(=S)NCc1ccccc1I. The van der Waals surface area contributed by atoms with Gasteiger partial charge in [-0.25, -0.2) is 0 Å². The Morgan fingerprint density at radius 3 is 2.73 bits per heavy atom. The van der Waals surface area contributed by atoms with Crippen molar-refractivity contribution in [2.24, 2.45) is 0 Å². The van der Waals surface area contributed by atoms with Gasteiger partial charge in [0.05, 0.1) is 6.61 Å². The molecule has 0 aliphatic carbocycles. The minimum absolute atomic E-state index is 0.0880. The summed E-state index contributed by atoms with van der Waals surface area (Å²) in [5, 5.41) is 15.1. The summed E-state index contributed by atoms with van der Waals surface area (Å²) in [6.45, 7) is 1.28. The van der Waals surface area contributed by atoms with Crippen LogP contribution in [0.15, 0.2) is 24.3 Å². The van der Waals surface area contributed by atoms with Crippen LogP contribution in [-0.4, -0.2) is 23.4 Å². The predicted octanol–water partition coefficient (Wildman–Crippen LogP) is 1.25. The van der Waals surface area contributed by atoms with Gasteiger partial charge in [-0.15, -0.1) is 0 Å². The van der Waals surface area contributed by atoms with Gasteiger partial charge in [0.25, 0.3) is 0 Å². The maximum absolute atomic E-state index is 8.59. The van der Waals surface area contributed by atoms with Crippen LogP contribution in [-0.2, 0) is 6.54 Å². The number of aliphatic hydroxyl groups excluding tert-OH is 1. The molecule has 0 heterocycles. The first-order chi connectivity index (χ1) is 7.24. The maximum Gasteiger partial charge on any atom is 0.166 e. The van der Waals surface area contributed by atoms with E-state index in [4.69, 9.17) is 17.3 Å². The smallest absolute Gasteiger partial charge is 0.166 e. The molecule has 0 radical (unpaired) electrons. The number of aliphatic hydroxyl groups is 1. The molecule has 0 bridgehead atoms. The van der Waals surface area contributed by atoms with Crippen molar-refractivity contribution in [3.05, 3.63) is 33.4 Å². The van der Waals surface area contributed by atoms with Crippen LogP contribution in [0.3, 0.4) is 0 Å². The van der Waals surface area contributed by atoms with E-state index in [0.29, 0.717) is 18.2 Å². The first-order valence-electron chi connectivity index (χ1n) is 4.60. The molecule has 0 aromatic heterocycles. The van der Waals surface area contributed by atoms with E-state index >= 15 is 0 Å². The van der Waals surface area contributed by atoms with Crippen molar-refractivity contribution < 1.29 is 5.11 Å². The Morgan fingerprint density at radius 2 is 2.07 bits per heavy atom. The molecule has 0 saturated heterocycles. The van der Waals surface area contributed by atoms with Crippen molar-refractivity contribution in [3.8, 4) is 0 Å². The lowest BCUT2D eigenvalue weighted by molar-refractivity contribution is 0.300. The van der Waals surface area contributed by atoms with E-state index in [2.05, 4.69) is 45.4 Å². The molecule has 3 nitrogen and oxygen atoms in total. The highest BCUT2D eigenvalue weighted by molar-refractivity contribution is 14.1. The third kappa shape index (κ3) is 4.76. The second-order valence-corrected chi connectivity index (χ2v) is 4.49. The first-order valence-corrected chi connectivity index (χ1v) is 6.08. The molecule has 15 heavy (non-hydrogen) atoms. The lowest BCUT2D eigenvalue weighted by atomic mass is 10.2. The number of hydrogen-bond donors (Lipinski definition) is 3. The van der Waals surface area contributed by atoms with Crippen molar-refractivity contribution in [3.63, 3.8) is 0 Å². The fourth-order valence-electron chi connectivity index (χ4n) is 1.05.